The fourth-order valence-corrected chi connectivity index (χ4v) is 3.39. The topological polar surface area (TPSA) is 94.1 Å². The van der Waals surface area contributed by atoms with E-state index >= 15 is 0 Å². The van der Waals surface area contributed by atoms with Crippen molar-refractivity contribution >= 4 is 17.6 Å². The maximum atomic E-state index is 12.2. The zero-order chi connectivity index (χ0) is 26.1. The first-order chi connectivity index (χ1) is 17.1. The van der Waals surface area contributed by atoms with Gasteiger partial charge in [-0.1, -0.05) is 36.4 Å². The van der Waals surface area contributed by atoms with Crippen molar-refractivity contribution in [1.29, 1.82) is 0 Å². The fraction of sp³-hybridized carbons (Fsp3) is 0.231. The molecular weight excluding hydrogens is 479 g/mol. The quantitative estimate of drug-likeness (QED) is 0.352. The lowest BCUT2D eigenvalue weighted by Crippen LogP contribution is -2.32. The van der Waals surface area contributed by atoms with E-state index in [0.717, 1.165) is 11.1 Å². The third-order valence-corrected chi connectivity index (χ3v) is 5.14. The number of benzene rings is 3. The Balaban J connectivity index is 1.54. The van der Waals surface area contributed by atoms with Crippen LogP contribution in [-0.4, -0.2) is 43.2 Å². The number of halogens is 3. The van der Waals surface area contributed by atoms with E-state index in [4.69, 9.17) is 9.47 Å². The third kappa shape index (κ3) is 7.93. The Bertz CT molecular complexity index is 1160. The van der Waals surface area contributed by atoms with Gasteiger partial charge in [-0.2, -0.15) is 0 Å². The second-order valence-corrected chi connectivity index (χ2v) is 7.71. The van der Waals surface area contributed by atoms with Gasteiger partial charge in [0.1, 0.15) is 17.5 Å². The van der Waals surface area contributed by atoms with Crippen LogP contribution in [0.25, 0.3) is 0 Å². The monoisotopic (exact) mass is 503 g/mol. The molecule has 0 amide bonds. The molecule has 0 aromatic heterocycles. The van der Waals surface area contributed by atoms with Gasteiger partial charge in [0.05, 0.1) is 19.3 Å². The van der Waals surface area contributed by atoms with Crippen molar-refractivity contribution in [1.82, 2.24) is 0 Å². The molecule has 0 aliphatic rings. The minimum Gasteiger partial charge on any atom is -0.493 e. The number of esters is 1. The molecule has 0 saturated carbocycles. The number of ether oxygens (including phenoxy) is 3. The number of alkyl halides is 3. The highest BCUT2D eigenvalue weighted by atomic mass is 19.4. The Hall–Kier alpha value is -4.21. The van der Waals surface area contributed by atoms with Crippen LogP contribution in [0.3, 0.4) is 0 Å². The first-order valence-electron chi connectivity index (χ1n) is 10.9. The second kappa shape index (κ2) is 12.0. The van der Waals surface area contributed by atoms with Crippen LogP contribution in [0.4, 0.5) is 18.9 Å². The molecule has 10 heteroatoms. The van der Waals surface area contributed by atoms with Gasteiger partial charge in [-0.25, -0.2) is 9.59 Å². The number of hydrogen-bond acceptors (Lipinski definition) is 6. The number of nitrogens with one attached hydrogen (secondary N) is 1. The predicted octanol–water partition coefficient (Wildman–Crippen LogP) is 5.10. The summed E-state index contributed by atoms with van der Waals surface area (Å²) in [5.74, 6) is -1.38. The lowest BCUT2D eigenvalue weighted by Gasteiger charge is -2.18. The van der Waals surface area contributed by atoms with Gasteiger partial charge in [0, 0.05) is 18.5 Å². The first-order valence-corrected chi connectivity index (χ1v) is 10.9. The summed E-state index contributed by atoms with van der Waals surface area (Å²) in [4.78, 5) is 23.8. The molecule has 190 valence electrons. The van der Waals surface area contributed by atoms with Crippen molar-refractivity contribution in [2.24, 2.45) is 0 Å². The molecule has 0 saturated heterocycles. The molecule has 0 spiro atoms. The highest BCUT2D eigenvalue weighted by Crippen LogP contribution is 2.23. The summed E-state index contributed by atoms with van der Waals surface area (Å²) in [5.41, 5.74) is 2.11. The zero-order valence-electron chi connectivity index (χ0n) is 19.2. The molecule has 0 bridgehead atoms. The number of aliphatic carboxylic acids is 1. The Kier molecular flexibility index (Phi) is 8.77. The third-order valence-electron chi connectivity index (χ3n) is 5.14. The van der Waals surface area contributed by atoms with E-state index in [-0.39, 0.29) is 17.7 Å². The molecule has 7 nitrogen and oxygen atoms in total. The first kappa shape index (κ1) is 26.4. The second-order valence-electron chi connectivity index (χ2n) is 7.71. The summed E-state index contributed by atoms with van der Waals surface area (Å²) in [6, 6.07) is 17.9. The molecule has 0 heterocycles. The number of anilines is 1. The van der Waals surface area contributed by atoms with Crippen LogP contribution in [0.15, 0.2) is 72.8 Å². The van der Waals surface area contributed by atoms with Crippen molar-refractivity contribution < 1.29 is 42.1 Å². The molecule has 0 unspecified atom stereocenters. The van der Waals surface area contributed by atoms with Gasteiger partial charge in [-0.05, 0) is 47.5 Å². The molecule has 0 aliphatic carbocycles. The van der Waals surface area contributed by atoms with Crippen LogP contribution < -0.4 is 14.8 Å². The zero-order valence-corrected chi connectivity index (χ0v) is 19.2. The van der Waals surface area contributed by atoms with Crippen LogP contribution in [0.1, 0.15) is 21.5 Å². The van der Waals surface area contributed by atoms with E-state index in [1.165, 1.54) is 31.4 Å². The van der Waals surface area contributed by atoms with Gasteiger partial charge >= 0.3 is 18.3 Å². The number of carboxylic acid groups (broad SMARTS) is 1. The summed E-state index contributed by atoms with van der Waals surface area (Å²) in [7, 11) is 1.25. The number of para-hydroxylation sites is 1. The van der Waals surface area contributed by atoms with Crippen LogP contribution in [0, 0.1) is 0 Å². The van der Waals surface area contributed by atoms with Crippen molar-refractivity contribution in [2.45, 2.75) is 25.2 Å². The average Bonchev–Trinajstić information content (AvgIpc) is 2.84. The van der Waals surface area contributed by atoms with E-state index in [0.29, 0.717) is 24.5 Å². The van der Waals surface area contributed by atoms with Gasteiger partial charge in [-0.15, -0.1) is 13.2 Å². The van der Waals surface area contributed by atoms with Gasteiger partial charge in [-0.3, -0.25) is 0 Å². The molecule has 36 heavy (non-hydrogen) atoms. The number of carboxylic acids is 1. The molecule has 0 fully saturated rings. The number of carbonyl (C=O) groups is 2. The number of methoxy groups -OCH3 is 1. The van der Waals surface area contributed by atoms with Gasteiger partial charge in [0.2, 0.25) is 0 Å². The van der Waals surface area contributed by atoms with Crippen molar-refractivity contribution in [2.75, 3.05) is 19.0 Å². The lowest BCUT2D eigenvalue weighted by molar-refractivity contribution is -0.274. The molecule has 2 N–H and O–H groups in total. The Morgan fingerprint density at radius 1 is 0.917 bits per heavy atom. The summed E-state index contributed by atoms with van der Waals surface area (Å²) in [5, 5.41) is 12.6. The van der Waals surface area contributed by atoms with Crippen LogP contribution in [0.2, 0.25) is 0 Å². The molecule has 0 radical (unpaired) electrons. The molecule has 3 rings (SSSR count). The van der Waals surface area contributed by atoms with E-state index in [9.17, 15) is 27.9 Å². The number of hydrogen-bond donors (Lipinski definition) is 2. The minimum absolute atomic E-state index is 0.150. The Morgan fingerprint density at radius 3 is 2.14 bits per heavy atom. The molecule has 1 atom stereocenters. The lowest BCUT2D eigenvalue weighted by atomic mass is 10.0. The average molecular weight is 503 g/mol. The van der Waals surface area contributed by atoms with E-state index < -0.39 is 24.3 Å². The summed E-state index contributed by atoms with van der Waals surface area (Å²) >= 11 is 0. The largest absolute Gasteiger partial charge is 0.573 e. The molecule has 0 aliphatic heterocycles. The van der Waals surface area contributed by atoms with Gasteiger partial charge < -0.3 is 24.6 Å². The van der Waals surface area contributed by atoms with Crippen LogP contribution in [0.5, 0.6) is 11.5 Å². The molecule has 3 aromatic carbocycles. The maximum Gasteiger partial charge on any atom is 0.573 e. The smallest absolute Gasteiger partial charge is 0.493 e. The van der Waals surface area contributed by atoms with E-state index in [1.54, 1.807) is 48.5 Å². The summed E-state index contributed by atoms with van der Waals surface area (Å²) in [6.45, 7) is 0.294. The van der Waals surface area contributed by atoms with Crippen molar-refractivity contribution in [3.8, 4) is 11.5 Å². The highest BCUT2D eigenvalue weighted by molar-refractivity contribution is 5.96. The standard InChI is InChI=1S/C26H24F3NO6/c1-34-25(33)21-4-2-3-5-22(21)30-23(24(31)32)16-18-8-10-19(11-9-18)35-15-14-17-6-12-20(13-7-17)36-26(27,28)29/h2-13,23,30H,14-16H2,1H3,(H,31,32)/t23-/m0/s1. The fourth-order valence-electron chi connectivity index (χ4n) is 3.39. The Labute approximate surface area is 205 Å². The van der Waals surface area contributed by atoms with E-state index in [2.05, 4.69) is 10.1 Å². The number of carbonyl (C=O) groups excluding carboxylic acids is 1. The molecule has 3 aromatic rings. The normalized spacial score (nSPS) is 11.9. The SMILES string of the molecule is COC(=O)c1ccccc1N[C@@H](Cc1ccc(OCCc2ccc(OC(F)(F)F)cc2)cc1)C(=O)O. The number of rotatable bonds is 11. The molecular formula is C26H24F3NO6. The van der Waals surface area contributed by atoms with Crippen molar-refractivity contribution in [3.63, 3.8) is 0 Å². The summed E-state index contributed by atoms with van der Waals surface area (Å²) < 4.78 is 51.0. The van der Waals surface area contributed by atoms with Gasteiger partial charge in [0.25, 0.3) is 0 Å². The predicted molar refractivity (Wildman–Crippen MR) is 125 cm³/mol. The van der Waals surface area contributed by atoms with Gasteiger partial charge in [0.15, 0.2) is 0 Å². The van der Waals surface area contributed by atoms with E-state index in [1.807, 2.05) is 0 Å². The maximum absolute atomic E-state index is 12.2. The minimum atomic E-state index is -4.73. The summed E-state index contributed by atoms with van der Waals surface area (Å²) in [6.07, 6.45) is -4.11. The van der Waals surface area contributed by atoms with Crippen LogP contribution in [-0.2, 0) is 22.4 Å². The highest BCUT2D eigenvalue weighted by Gasteiger charge is 2.31. The van der Waals surface area contributed by atoms with Crippen molar-refractivity contribution in [3.05, 3.63) is 89.5 Å². The Morgan fingerprint density at radius 2 is 1.53 bits per heavy atom. The van der Waals surface area contributed by atoms with Crippen LogP contribution >= 0.6 is 0 Å².